The van der Waals surface area contributed by atoms with E-state index in [4.69, 9.17) is 24.3 Å². The minimum atomic E-state index is -4.68. The Balaban J connectivity index is 1.43. The number of nitrogens with zero attached hydrogens (tertiary/aromatic N) is 5. The number of esters is 1. The first-order valence-corrected chi connectivity index (χ1v) is 15.4. The van der Waals surface area contributed by atoms with E-state index in [1.54, 1.807) is 66.7 Å². The molecule has 4 aromatic rings. The molecule has 15 nitrogen and oxygen atoms in total. The molecule has 2 heterocycles. The van der Waals surface area contributed by atoms with Gasteiger partial charge in [-0.3, -0.25) is 13.9 Å². The number of aliphatic hydroxyl groups excluding tert-OH is 1. The molecule has 5 rings (SSSR count). The summed E-state index contributed by atoms with van der Waals surface area (Å²) in [6.45, 7) is 0.185. The second kappa shape index (κ2) is 13.7. The van der Waals surface area contributed by atoms with Crippen molar-refractivity contribution in [1.29, 1.82) is 0 Å². The molecule has 1 unspecified atom stereocenters. The molecule has 17 heteroatoms. The molecule has 240 valence electrons. The van der Waals surface area contributed by atoms with Crippen molar-refractivity contribution >= 4 is 30.3 Å². The highest BCUT2D eigenvalue weighted by Crippen LogP contribution is 2.50. The second-order valence-corrected chi connectivity index (χ2v) is 12.0. The number of nitrogen functional groups attached to an aromatic ring is 1. The standard InChI is InChI=1S/C29H29FN7O8P/c1-18(27(39)42-16-19-8-3-2-4-9-19)34-46(41,45-22-13-7-11-20-10-5-6-12-21(20)22)43-17-29(35-36-32)25(30)24(38)26(44-29)37-15-14-23(31)33-28(37)40/h2-15,18,24-26,38H,16-17H2,1H3,(H,34,41)(H2,31,33,40)/t18-,24+,25-,26+,29+,46?/m0/s1. The number of hydrogen-bond acceptors (Lipinski definition) is 11. The minimum absolute atomic E-state index is 0.0724. The molecule has 0 saturated carbocycles. The van der Waals surface area contributed by atoms with Crippen LogP contribution in [-0.4, -0.2) is 51.3 Å². The Hall–Kier alpha value is -4.82. The molecule has 6 atom stereocenters. The number of rotatable bonds is 12. The summed E-state index contributed by atoms with van der Waals surface area (Å²) < 4.78 is 53.2. The first-order chi connectivity index (χ1) is 22.0. The SMILES string of the molecule is C[C@H](NP(=O)(OC[C@@]1(N=[N+]=[N-])O[C@@H](n2ccc(N)nc2=O)[C@H](O)[C@@H]1F)Oc1cccc2ccccc12)C(=O)OCc1ccccc1. The van der Waals surface area contributed by atoms with Crippen molar-refractivity contribution in [3.05, 3.63) is 112 Å². The number of aromatic nitrogens is 2. The maximum absolute atomic E-state index is 15.7. The van der Waals surface area contributed by atoms with Gasteiger partial charge in [-0.15, -0.1) is 0 Å². The Morgan fingerprint density at radius 1 is 1.22 bits per heavy atom. The third-order valence-electron chi connectivity index (χ3n) is 7.03. The maximum atomic E-state index is 15.7. The number of hydrogen-bond donors (Lipinski definition) is 3. The minimum Gasteiger partial charge on any atom is -0.460 e. The van der Waals surface area contributed by atoms with Crippen molar-refractivity contribution < 1.29 is 37.4 Å². The van der Waals surface area contributed by atoms with Crippen LogP contribution >= 0.6 is 7.75 Å². The van der Waals surface area contributed by atoms with Crippen molar-refractivity contribution in [2.24, 2.45) is 5.11 Å². The van der Waals surface area contributed by atoms with Crippen LogP contribution in [0.3, 0.4) is 0 Å². The van der Waals surface area contributed by atoms with Crippen LogP contribution in [0.5, 0.6) is 5.75 Å². The van der Waals surface area contributed by atoms with Gasteiger partial charge in [-0.1, -0.05) is 71.8 Å². The third kappa shape index (κ3) is 7.02. The number of nitrogens with two attached hydrogens (primary N) is 1. The zero-order chi connectivity index (χ0) is 32.9. The van der Waals surface area contributed by atoms with Crippen molar-refractivity contribution in [2.45, 2.75) is 43.8 Å². The summed E-state index contributed by atoms with van der Waals surface area (Å²) >= 11 is 0. The summed E-state index contributed by atoms with van der Waals surface area (Å²) in [5, 5.41) is 17.8. The average molecular weight is 654 g/mol. The van der Waals surface area contributed by atoms with Gasteiger partial charge < -0.3 is 24.8 Å². The molecule has 1 fully saturated rings. The number of aliphatic hydroxyl groups is 1. The molecule has 1 aromatic heterocycles. The normalized spacial score (nSPS) is 22.8. The van der Waals surface area contributed by atoms with Gasteiger partial charge in [0.25, 0.3) is 0 Å². The summed E-state index contributed by atoms with van der Waals surface area (Å²) in [6, 6.07) is 20.7. The number of ether oxygens (including phenoxy) is 2. The van der Waals surface area contributed by atoms with Gasteiger partial charge in [0, 0.05) is 16.5 Å². The Morgan fingerprint density at radius 3 is 2.67 bits per heavy atom. The van der Waals surface area contributed by atoms with Crippen molar-refractivity contribution in [1.82, 2.24) is 14.6 Å². The number of carbonyl (C=O) groups is 1. The molecule has 4 N–H and O–H groups in total. The molecule has 1 saturated heterocycles. The zero-order valence-electron chi connectivity index (χ0n) is 24.3. The molecule has 3 aromatic carbocycles. The third-order valence-corrected chi connectivity index (χ3v) is 8.64. The number of anilines is 1. The zero-order valence-corrected chi connectivity index (χ0v) is 25.1. The second-order valence-electron chi connectivity index (χ2n) is 10.3. The summed E-state index contributed by atoms with van der Waals surface area (Å²) in [5.41, 5.74) is 11.9. The summed E-state index contributed by atoms with van der Waals surface area (Å²) in [4.78, 5) is 31.5. The number of azide groups is 1. The highest BCUT2D eigenvalue weighted by molar-refractivity contribution is 7.52. The number of nitrogens with one attached hydrogen (secondary N) is 1. The molecule has 0 aliphatic carbocycles. The Bertz CT molecular complexity index is 1870. The fourth-order valence-electron chi connectivity index (χ4n) is 4.71. The molecule has 46 heavy (non-hydrogen) atoms. The predicted octanol–water partition coefficient (Wildman–Crippen LogP) is 4.14. The van der Waals surface area contributed by atoms with Crippen LogP contribution in [0.4, 0.5) is 10.2 Å². The lowest BCUT2D eigenvalue weighted by molar-refractivity contribution is -0.146. The van der Waals surface area contributed by atoms with Crippen LogP contribution in [0.25, 0.3) is 21.2 Å². The van der Waals surface area contributed by atoms with Crippen LogP contribution in [0.15, 0.2) is 95.0 Å². The van der Waals surface area contributed by atoms with Crippen LogP contribution in [0.1, 0.15) is 18.7 Å². The number of halogens is 1. The lowest BCUT2D eigenvalue weighted by Gasteiger charge is -2.29. The van der Waals surface area contributed by atoms with E-state index >= 15 is 4.39 Å². The van der Waals surface area contributed by atoms with Gasteiger partial charge in [-0.2, -0.15) is 10.1 Å². The van der Waals surface area contributed by atoms with Crippen LogP contribution < -0.4 is 21.0 Å². The quantitative estimate of drug-likeness (QED) is 0.0650. The molecule has 1 aliphatic heterocycles. The van der Waals surface area contributed by atoms with E-state index in [0.29, 0.717) is 10.9 Å². The largest absolute Gasteiger partial charge is 0.460 e. The number of carbonyl (C=O) groups excluding carboxylic acids is 1. The lowest BCUT2D eigenvalue weighted by Crippen LogP contribution is -2.43. The van der Waals surface area contributed by atoms with Crippen molar-refractivity contribution in [3.63, 3.8) is 0 Å². The monoisotopic (exact) mass is 653 g/mol. The summed E-state index contributed by atoms with van der Waals surface area (Å²) in [6.07, 6.45) is -5.17. The van der Waals surface area contributed by atoms with Gasteiger partial charge >= 0.3 is 19.4 Å². The van der Waals surface area contributed by atoms with Crippen LogP contribution in [-0.2, 0) is 30.0 Å². The maximum Gasteiger partial charge on any atom is 0.459 e. The molecule has 0 spiro atoms. The van der Waals surface area contributed by atoms with E-state index < -0.39 is 56.3 Å². The predicted molar refractivity (Wildman–Crippen MR) is 163 cm³/mol. The van der Waals surface area contributed by atoms with E-state index in [9.17, 15) is 24.8 Å². The van der Waals surface area contributed by atoms with Crippen molar-refractivity contribution in [2.75, 3.05) is 12.3 Å². The van der Waals surface area contributed by atoms with Gasteiger partial charge in [0.15, 0.2) is 12.4 Å². The molecule has 0 bridgehead atoms. The molecule has 1 aliphatic rings. The fraction of sp³-hybridized carbons (Fsp3) is 0.276. The van der Waals surface area contributed by atoms with E-state index in [1.807, 2.05) is 0 Å². The fourth-order valence-corrected chi connectivity index (χ4v) is 6.24. The number of benzene rings is 3. The number of alkyl halides is 1. The van der Waals surface area contributed by atoms with Gasteiger partial charge in [0.05, 0.1) is 6.61 Å². The van der Waals surface area contributed by atoms with E-state index in [1.165, 1.54) is 19.1 Å². The topological polar surface area (TPSA) is 213 Å². The van der Waals surface area contributed by atoms with Gasteiger partial charge in [-0.25, -0.2) is 13.8 Å². The Labute approximate surface area is 260 Å². The average Bonchev–Trinajstić information content (AvgIpc) is 3.29. The molecular weight excluding hydrogens is 624 g/mol. The Morgan fingerprint density at radius 2 is 1.93 bits per heavy atom. The molecule has 0 radical (unpaired) electrons. The van der Waals surface area contributed by atoms with Crippen molar-refractivity contribution in [3.8, 4) is 5.75 Å². The van der Waals surface area contributed by atoms with E-state index in [-0.39, 0.29) is 18.2 Å². The summed E-state index contributed by atoms with van der Waals surface area (Å²) in [5.74, 6) is -0.868. The highest BCUT2D eigenvalue weighted by Gasteiger charge is 2.58. The highest BCUT2D eigenvalue weighted by atomic mass is 31.2. The van der Waals surface area contributed by atoms with Gasteiger partial charge in [0.2, 0.25) is 5.72 Å². The Kier molecular flexibility index (Phi) is 9.68. The van der Waals surface area contributed by atoms with Gasteiger partial charge in [-0.05, 0) is 35.5 Å². The number of fused-ring (bicyclic) bond motifs is 1. The van der Waals surface area contributed by atoms with E-state index in [0.717, 1.165) is 16.2 Å². The first kappa shape index (κ1) is 32.6. The lowest BCUT2D eigenvalue weighted by atomic mass is 10.1. The smallest absolute Gasteiger partial charge is 0.459 e. The first-order valence-electron chi connectivity index (χ1n) is 13.9. The van der Waals surface area contributed by atoms with Crippen LogP contribution in [0.2, 0.25) is 0 Å². The summed E-state index contributed by atoms with van der Waals surface area (Å²) in [7, 11) is -4.68. The van der Waals surface area contributed by atoms with E-state index in [2.05, 4.69) is 20.1 Å². The molecular formula is C29H29FN7O8P. The molecule has 0 amide bonds. The van der Waals surface area contributed by atoms with Gasteiger partial charge in [0.1, 0.15) is 30.3 Å². The van der Waals surface area contributed by atoms with Crippen LogP contribution in [0, 0.1) is 0 Å².